The van der Waals surface area contributed by atoms with Gasteiger partial charge in [0.15, 0.2) is 0 Å². The second-order valence-corrected chi connectivity index (χ2v) is 8.57. The van der Waals surface area contributed by atoms with Gasteiger partial charge in [0.05, 0.1) is 0 Å². The van der Waals surface area contributed by atoms with Crippen LogP contribution in [0.3, 0.4) is 0 Å². The SMILES string of the molecule is Cc1cc(CNC2CCCC2NC(=O)OC(C)(C)C)c(C)s1. The highest BCUT2D eigenvalue weighted by Gasteiger charge is 2.29. The minimum Gasteiger partial charge on any atom is -0.444 e. The van der Waals surface area contributed by atoms with Gasteiger partial charge in [-0.15, -0.1) is 11.3 Å². The zero-order chi connectivity index (χ0) is 16.3. The molecule has 0 aromatic carbocycles. The maximum absolute atomic E-state index is 11.9. The third-order valence-corrected chi connectivity index (χ3v) is 4.92. The number of hydrogen-bond acceptors (Lipinski definition) is 4. The summed E-state index contributed by atoms with van der Waals surface area (Å²) in [6.07, 6.45) is 2.94. The lowest BCUT2D eigenvalue weighted by Crippen LogP contribution is -2.47. The molecule has 1 saturated carbocycles. The number of hydrogen-bond donors (Lipinski definition) is 2. The first kappa shape index (κ1) is 17.3. The van der Waals surface area contributed by atoms with Gasteiger partial charge in [-0.3, -0.25) is 0 Å². The molecule has 5 heteroatoms. The number of amides is 1. The van der Waals surface area contributed by atoms with Crippen molar-refractivity contribution in [1.82, 2.24) is 10.6 Å². The van der Waals surface area contributed by atoms with E-state index in [2.05, 4.69) is 30.5 Å². The Balaban J connectivity index is 1.85. The number of carbonyl (C=O) groups excluding carboxylic acids is 1. The molecule has 1 aromatic rings. The van der Waals surface area contributed by atoms with Crippen molar-refractivity contribution in [2.24, 2.45) is 0 Å². The molecule has 2 unspecified atom stereocenters. The normalized spacial score (nSPS) is 21.9. The summed E-state index contributed by atoms with van der Waals surface area (Å²) >= 11 is 1.84. The van der Waals surface area contributed by atoms with Gasteiger partial charge in [0, 0.05) is 28.4 Å². The van der Waals surface area contributed by atoms with E-state index < -0.39 is 5.60 Å². The second-order valence-electron chi connectivity index (χ2n) is 7.11. The number of aryl methyl sites for hydroxylation is 2. The zero-order valence-electron chi connectivity index (χ0n) is 14.3. The highest BCUT2D eigenvalue weighted by Crippen LogP contribution is 2.23. The lowest BCUT2D eigenvalue weighted by atomic mass is 10.1. The zero-order valence-corrected chi connectivity index (χ0v) is 15.1. The smallest absolute Gasteiger partial charge is 0.407 e. The Morgan fingerprint density at radius 2 is 2.00 bits per heavy atom. The van der Waals surface area contributed by atoms with Crippen LogP contribution < -0.4 is 10.6 Å². The number of carbonyl (C=O) groups is 1. The van der Waals surface area contributed by atoms with Crippen molar-refractivity contribution in [1.29, 1.82) is 0 Å². The first-order valence-electron chi connectivity index (χ1n) is 8.03. The number of rotatable bonds is 4. The van der Waals surface area contributed by atoms with E-state index in [4.69, 9.17) is 4.74 Å². The molecular weight excluding hydrogens is 296 g/mol. The minimum absolute atomic E-state index is 0.162. The van der Waals surface area contributed by atoms with Crippen molar-refractivity contribution in [3.05, 3.63) is 21.4 Å². The Labute approximate surface area is 137 Å². The minimum atomic E-state index is -0.447. The van der Waals surface area contributed by atoms with Crippen LogP contribution in [0.5, 0.6) is 0 Å². The lowest BCUT2D eigenvalue weighted by molar-refractivity contribution is 0.0498. The Morgan fingerprint density at radius 1 is 1.32 bits per heavy atom. The van der Waals surface area contributed by atoms with Crippen LogP contribution in [0.4, 0.5) is 4.79 Å². The van der Waals surface area contributed by atoms with Crippen LogP contribution in [0.2, 0.25) is 0 Å². The van der Waals surface area contributed by atoms with E-state index in [1.165, 1.54) is 15.3 Å². The third-order valence-electron chi connectivity index (χ3n) is 3.92. The number of nitrogens with one attached hydrogen (secondary N) is 2. The Morgan fingerprint density at radius 3 is 2.59 bits per heavy atom. The summed E-state index contributed by atoms with van der Waals surface area (Å²) in [6, 6.07) is 2.74. The van der Waals surface area contributed by atoms with E-state index in [0.717, 1.165) is 25.8 Å². The van der Waals surface area contributed by atoms with Crippen LogP contribution in [0.25, 0.3) is 0 Å². The van der Waals surface area contributed by atoms with E-state index in [-0.39, 0.29) is 12.1 Å². The predicted octanol–water partition coefficient (Wildman–Crippen LogP) is 3.90. The molecule has 1 aliphatic rings. The maximum Gasteiger partial charge on any atom is 0.407 e. The Kier molecular flexibility index (Phi) is 5.50. The van der Waals surface area contributed by atoms with Crippen LogP contribution in [0.15, 0.2) is 6.07 Å². The summed E-state index contributed by atoms with van der Waals surface area (Å²) in [4.78, 5) is 14.7. The molecule has 2 atom stereocenters. The molecule has 124 valence electrons. The molecule has 2 N–H and O–H groups in total. The van der Waals surface area contributed by atoms with Crippen LogP contribution in [-0.4, -0.2) is 23.8 Å². The van der Waals surface area contributed by atoms with Crippen molar-refractivity contribution in [3.63, 3.8) is 0 Å². The molecule has 1 aromatic heterocycles. The van der Waals surface area contributed by atoms with Crippen LogP contribution in [0, 0.1) is 13.8 Å². The monoisotopic (exact) mass is 324 g/mol. The summed E-state index contributed by atoms with van der Waals surface area (Å²) < 4.78 is 5.36. The largest absolute Gasteiger partial charge is 0.444 e. The summed E-state index contributed by atoms with van der Waals surface area (Å²) in [5.74, 6) is 0. The molecule has 1 amide bonds. The fraction of sp³-hybridized carbons (Fsp3) is 0.706. The molecule has 0 bridgehead atoms. The first-order valence-corrected chi connectivity index (χ1v) is 8.85. The van der Waals surface area contributed by atoms with Crippen LogP contribution >= 0.6 is 11.3 Å². The van der Waals surface area contributed by atoms with E-state index in [1.54, 1.807) is 0 Å². The van der Waals surface area contributed by atoms with E-state index in [0.29, 0.717) is 6.04 Å². The van der Waals surface area contributed by atoms with Gasteiger partial charge in [0.2, 0.25) is 0 Å². The van der Waals surface area contributed by atoms with Crippen LogP contribution in [0.1, 0.15) is 55.4 Å². The molecule has 1 aliphatic carbocycles. The summed E-state index contributed by atoms with van der Waals surface area (Å²) in [5.41, 5.74) is 0.919. The van der Waals surface area contributed by atoms with Crippen molar-refractivity contribution in [2.75, 3.05) is 0 Å². The van der Waals surface area contributed by atoms with Gasteiger partial charge in [-0.25, -0.2) is 4.79 Å². The average Bonchev–Trinajstić information content (AvgIpc) is 2.91. The number of alkyl carbamates (subject to hydrolysis) is 1. The van der Waals surface area contributed by atoms with E-state index in [9.17, 15) is 4.79 Å². The summed E-state index contributed by atoms with van der Waals surface area (Å²) in [6.45, 7) is 10.8. The topological polar surface area (TPSA) is 50.4 Å². The molecule has 1 fully saturated rings. The molecule has 0 saturated heterocycles. The molecular formula is C17H28N2O2S. The predicted molar refractivity (Wildman–Crippen MR) is 91.4 cm³/mol. The van der Waals surface area contributed by atoms with Gasteiger partial charge in [0.1, 0.15) is 5.60 Å². The van der Waals surface area contributed by atoms with Crippen molar-refractivity contribution < 1.29 is 9.53 Å². The second kappa shape index (κ2) is 7.01. The lowest BCUT2D eigenvalue weighted by Gasteiger charge is -2.25. The van der Waals surface area contributed by atoms with Crippen molar-refractivity contribution in [2.45, 2.75) is 78.1 Å². The van der Waals surface area contributed by atoms with Gasteiger partial charge >= 0.3 is 6.09 Å². The average molecular weight is 324 g/mol. The van der Waals surface area contributed by atoms with Crippen molar-refractivity contribution >= 4 is 17.4 Å². The van der Waals surface area contributed by atoms with Crippen LogP contribution in [-0.2, 0) is 11.3 Å². The van der Waals surface area contributed by atoms with E-state index in [1.807, 2.05) is 32.1 Å². The molecule has 1 heterocycles. The Hall–Kier alpha value is -1.07. The number of thiophene rings is 1. The molecule has 22 heavy (non-hydrogen) atoms. The van der Waals surface area contributed by atoms with E-state index >= 15 is 0 Å². The van der Waals surface area contributed by atoms with Crippen molar-refractivity contribution in [3.8, 4) is 0 Å². The van der Waals surface area contributed by atoms with Gasteiger partial charge in [0.25, 0.3) is 0 Å². The summed E-state index contributed by atoms with van der Waals surface area (Å²) in [7, 11) is 0. The van der Waals surface area contributed by atoms with Gasteiger partial charge in [-0.05, 0) is 65.5 Å². The summed E-state index contributed by atoms with van der Waals surface area (Å²) in [5, 5.41) is 6.63. The van der Waals surface area contributed by atoms with Gasteiger partial charge < -0.3 is 15.4 Å². The highest BCUT2D eigenvalue weighted by molar-refractivity contribution is 7.12. The first-order chi connectivity index (χ1) is 10.2. The maximum atomic E-state index is 11.9. The van der Waals surface area contributed by atoms with Gasteiger partial charge in [-0.1, -0.05) is 0 Å². The molecule has 0 aliphatic heterocycles. The molecule has 0 radical (unpaired) electrons. The Bertz CT molecular complexity index is 519. The quantitative estimate of drug-likeness (QED) is 0.883. The molecule has 0 spiro atoms. The van der Waals surface area contributed by atoms with Gasteiger partial charge in [-0.2, -0.15) is 0 Å². The fourth-order valence-corrected chi connectivity index (χ4v) is 3.88. The molecule has 2 rings (SSSR count). The number of ether oxygens (including phenoxy) is 1. The third kappa shape index (κ3) is 4.99. The molecule has 4 nitrogen and oxygen atoms in total. The standard InChI is InChI=1S/C17H28N2O2S/c1-11-9-13(12(2)22-11)10-18-14-7-6-8-15(14)19-16(20)21-17(3,4)5/h9,14-15,18H,6-8,10H2,1-5H3,(H,19,20). The fourth-order valence-electron chi connectivity index (χ4n) is 2.94. The highest BCUT2D eigenvalue weighted by atomic mass is 32.1.